The van der Waals surface area contributed by atoms with E-state index in [-0.39, 0.29) is 7.92 Å². The first kappa shape index (κ1) is 12.9. The monoisotopic (exact) mass is 240 g/mol. The summed E-state index contributed by atoms with van der Waals surface area (Å²) in [6, 6.07) is 0. The van der Waals surface area contributed by atoms with Crippen LogP contribution in [0.4, 0.5) is 0 Å². The van der Waals surface area contributed by atoms with Crippen molar-refractivity contribution < 1.29 is 0 Å². The van der Waals surface area contributed by atoms with Gasteiger partial charge in [-0.3, -0.25) is 0 Å². The summed E-state index contributed by atoms with van der Waals surface area (Å²) in [5.41, 5.74) is 1.64. The maximum absolute atomic E-state index is 2.56. The Hall–Kier alpha value is 0.430. The summed E-state index contributed by atoms with van der Waals surface area (Å²) < 4.78 is 0. The molecule has 1 aliphatic heterocycles. The lowest BCUT2D eigenvalue weighted by molar-refractivity contribution is 0.0701. The predicted octanol–water partition coefficient (Wildman–Crippen LogP) is 5.40. The Balaban J connectivity index is 2.29. The van der Waals surface area contributed by atoms with Gasteiger partial charge in [-0.2, -0.15) is 0 Å². The van der Waals surface area contributed by atoms with Crippen LogP contribution in [0, 0.1) is 5.41 Å². The van der Waals surface area contributed by atoms with Crippen LogP contribution in [0.3, 0.4) is 0 Å². The Morgan fingerprint density at radius 2 is 1.31 bits per heavy atom. The summed E-state index contributed by atoms with van der Waals surface area (Å²) in [7, 11) is 0.152. The minimum Gasteiger partial charge on any atom is -0.0924 e. The van der Waals surface area contributed by atoms with Gasteiger partial charge >= 0.3 is 0 Å². The van der Waals surface area contributed by atoms with Gasteiger partial charge in [0, 0.05) is 0 Å². The minimum absolute atomic E-state index is 0.152. The maximum Gasteiger partial charge on any atom is -0.0139 e. The highest BCUT2D eigenvalue weighted by Crippen LogP contribution is 2.74. The van der Waals surface area contributed by atoms with Crippen molar-refractivity contribution in [3.63, 3.8) is 0 Å². The number of hydrogen-bond donors (Lipinski definition) is 0. The molecule has 1 aliphatic carbocycles. The van der Waals surface area contributed by atoms with Crippen molar-refractivity contribution in [3.8, 4) is 0 Å². The van der Waals surface area contributed by atoms with Crippen LogP contribution in [0.5, 0.6) is 0 Å². The Morgan fingerprint density at radius 1 is 0.875 bits per heavy atom. The second kappa shape index (κ2) is 3.71. The van der Waals surface area contributed by atoms with E-state index < -0.39 is 0 Å². The first-order chi connectivity index (χ1) is 7.19. The Kier molecular flexibility index (Phi) is 2.99. The van der Waals surface area contributed by atoms with Gasteiger partial charge < -0.3 is 0 Å². The highest BCUT2D eigenvalue weighted by Gasteiger charge is 2.55. The molecule has 2 aliphatic rings. The molecule has 0 nitrogen and oxygen atoms in total. The van der Waals surface area contributed by atoms with Gasteiger partial charge in [0.2, 0.25) is 0 Å². The van der Waals surface area contributed by atoms with Crippen LogP contribution in [-0.2, 0) is 0 Å². The summed E-state index contributed by atoms with van der Waals surface area (Å²) >= 11 is 0. The van der Waals surface area contributed by atoms with Crippen molar-refractivity contribution in [1.29, 1.82) is 0 Å². The van der Waals surface area contributed by atoms with Crippen LogP contribution in [0.1, 0.15) is 73.6 Å². The SMILES string of the molecule is CC(C)P1C(C)(C)CC2(CCC2)CC1(C)C. The Morgan fingerprint density at radius 3 is 1.56 bits per heavy atom. The first-order valence-corrected chi connectivity index (χ1v) is 8.39. The molecular weight excluding hydrogens is 211 g/mol. The zero-order chi connectivity index (χ0) is 12.2. The molecule has 1 heteroatoms. The predicted molar refractivity (Wildman–Crippen MR) is 75.7 cm³/mol. The van der Waals surface area contributed by atoms with Gasteiger partial charge in [0.05, 0.1) is 0 Å². The van der Waals surface area contributed by atoms with E-state index in [0.717, 1.165) is 11.1 Å². The standard InChI is InChI=1S/C15H29P/c1-12(2)16-13(3,4)10-15(8-7-9-15)11-14(16,5)6/h12H,7-11H2,1-6H3. The van der Waals surface area contributed by atoms with E-state index in [0.29, 0.717) is 10.3 Å². The van der Waals surface area contributed by atoms with Crippen LogP contribution in [-0.4, -0.2) is 16.0 Å². The molecule has 1 saturated carbocycles. The lowest BCUT2D eigenvalue weighted by Crippen LogP contribution is -2.50. The van der Waals surface area contributed by atoms with Gasteiger partial charge in [0.1, 0.15) is 0 Å². The molecule has 2 rings (SSSR count). The summed E-state index contributed by atoms with van der Waals surface area (Å²) in [6.07, 6.45) is 7.54. The molecule has 0 amide bonds. The average molecular weight is 240 g/mol. The van der Waals surface area contributed by atoms with Crippen molar-refractivity contribution in [2.45, 2.75) is 89.6 Å². The van der Waals surface area contributed by atoms with E-state index in [9.17, 15) is 0 Å². The zero-order valence-electron chi connectivity index (χ0n) is 12.1. The van der Waals surface area contributed by atoms with Crippen molar-refractivity contribution >= 4 is 7.92 Å². The molecule has 0 bridgehead atoms. The van der Waals surface area contributed by atoms with Crippen LogP contribution in [0.25, 0.3) is 0 Å². The molecule has 0 aromatic rings. The molecule has 0 aromatic heterocycles. The van der Waals surface area contributed by atoms with Crippen molar-refractivity contribution in [2.24, 2.45) is 5.41 Å². The molecule has 2 fully saturated rings. The molecule has 0 N–H and O–H groups in total. The van der Waals surface area contributed by atoms with E-state index in [2.05, 4.69) is 41.5 Å². The fourth-order valence-electron chi connectivity index (χ4n) is 5.32. The van der Waals surface area contributed by atoms with Gasteiger partial charge in [-0.1, -0.05) is 55.9 Å². The van der Waals surface area contributed by atoms with Crippen molar-refractivity contribution in [3.05, 3.63) is 0 Å². The van der Waals surface area contributed by atoms with Crippen molar-refractivity contribution in [1.82, 2.24) is 0 Å². The third-order valence-electron chi connectivity index (χ3n) is 4.85. The van der Waals surface area contributed by atoms with E-state index in [4.69, 9.17) is 0 Å². The van der Waals surface area contributed by atoms with Gasteiger partial charge in [0.15, 0.2) is 0 Å². The quantitative estimate of drug-likeness (QED) is 0.538. The lowest BCUT2D eigenvalue weighted by Gasteiger charge is -2.62. The Bertz CT molecular complexity index is 251. The van der Waals surface area contributed by atoms with Gasteiger partial charge in [-0.25, -0.2) is 0 Å². The first-order valence-electron chi connectivity index (χ1n) is 6.98. The largest absolute Gasteiger partial charge is 0.0924 e. The van der Waals surface area contributed by atoms with E-state index in [1.165, 1.54) is 32.1 Å². The molecule has 1 spiro atoms. The highest BCUT2D eigenvalue weighted by atomic mass is 31.1. The molecule has 0 radical (unpaired) electrons. The topological polar surface area (TPSA) is 0 Å². The molecular formula is C15H29P. The lowest BCUT2D eigenvalue weighted by atomic mass is 9.60. The fraction of sp³-hybridized carbons (Fsp3) is 1.00. The third-order valence-corrected chi connectivity index (χ3v) is 8.81. The summed E-state index contributed by atoms with van der Waals surface area (Å²) in [5.74, 6) is 0. The molecule has 1 heterocycles. The van der Waals surface area contributed by atoms with Crippen LogP contribution in [0.2, 0.25) is 0 Å². The van der Waals surface area contributed by atoms with Crippen molar-refractivity contribution in [2.75, 3.05) is 0 Å². The average Bonchev–Trinajstić information content (AvgIpc) is 1.94. The van der Waals surface area contributed by atoms with Crippen LogP contribution in [0.15, 0.2) is 0 Å². The normalized spacial score (nSPS) is 31.7. The second-order valence-corrected chi connectivity index (χ2v) is 12.0. The number of rotatable bonds is 1. The zero-order valence-corrected chi connectivity index (χ0v) is 13.0. The summed E-state index contributed by atoms with van der Waals surface area (Å²) in [5, 5.41) is 1.21. The second-order valence-electron chi connectivity index (χ2n) is 7.80. The van der Waals surface area contributed by atoms with E-state index >= 15 is 0 Å². The molecule has 94 valence electrons. The van der Waals surface area contributed by atoms with E-state index in [1.54, 1.807) is 0 Å². The van der Waals surface area contributed by atoms with E-state index in [1.807, 2.05) is 0 Å². The van der Waals surface area contributed by atoms with Crippen LogP contribution < -0.4 is 0 Å². The summed E-state index contributed by atoms with van der Waals surface area (Å²) in [6.45, 7) is 15.1. The minimum atomic E-state index is 0.152. The highest BCUT2D eigenvalue weighted by molar-refractivity contribution is 7.61. The van der Waals surface area contributed by atoms with Crippen LogP contribution >= 0.6 is 7.92 Å². The molecule has 0 unspecified atom stereocenters. The molecule has 16 heavy (non-hydrogen) atoms. The van der Waals surface area contributed by atoms with Gasteiger partial charge in [0.25, 0.3) is 0 Å². The third kappa shape index (κ3) is 1.96. The maximum atomic E-state index is 2.56. The number of hydrogen-bond acceptors (Lipinski definition) is 0. The van der Waals surface area contributed by atoms with Gasteiger partial charge in [-0.05, 0) is 47.1 Å². The summed E-state index contributed by atoms with van der Waals surface area (Å²) in [4.78, 5) is 0. The molecule has 0 aromatic carbocycles. The van der Waals surface area contributed by atoms with Gasteiger partial charge in [-0.15, -0.1) is 0 Å². The molecule has 1 saturated heterocycles. The smallest absolute Gasteiger partial charge is 0.0139 e. The fourth-order valence-corrected chi connectivity index (χ4v) is 10.8. The Labute approximate surface area is 103 Å². The molecule has 0 atom stereocenters.